The molecule has 116 valence electrons. The molecule has 1 aromatic carbocycles. The normalized spacial score (nSPS) is 22.6. The van der Waals surface area contributed by atoms with Crippen molar-refractivity contribution in [2.75, 3.05) is 33.3 Å². The molecule has 7 heteroatoms. The molecule has 1 aliphatic rings. The number of carbonyl (C=O) groups is 1. The molecule has 0 bridgehead atoms. The third-order valence-electron chi connectivity index (χ3n) is 3.52. The first-order valence-corrected chi connectivity index (χ1v) is 7.46. The number of hydrogen-bond donors (Lipinski definition) is 2. The van der Waals surface area contributed by atoms with Gasteiger partial charge in [-0.2, -0.15) is 0 Å². The highest BCUT2D eigenvalue weighted by Crippen LogP contribution is 2.32. The maximum absolute atomic E-state index is 11.0. The molecule has 2 rings (SSSR count). The van der Waals surface area contributed by atoms with Gasteiger partial charge in [0.25, 0.3) is 0 Å². The van der Waals surface area contributed by atoms with Crippen LogP contribution in [-0.4, -0.2) is 49.4 Å². The zero-order valence-electron chi connectivity index (χ0n) is 11.7. The largest absolute Gasteiger partial charge is 0.465 e. The van der Waals surface area contributed by atoms with Gasteiger partial charge < -0.3 is 20.1 Å². The Morgan fingerprint density at radius 2 is 2.24 bits per heavy atom. The molecule has 21 heavy (non-hydrogen) atoms. The minimum atomic E-state index is -0.952. The van der Waals surface area contributed by atoms with Gasteiger partial charge in [0.05, 0.1) is 22.8 Å². The van der Waals surface area contributed by atoms with Crippen LogP contribution in [0.4, 0.5) is 4.79 Å². The molecule has 2 N–H and O–H groups in total. The van der Waals surface area contributed by atoms with Gasteiger partial charge in [-0.15, -0.1) is 0 Å². The molecule has 0 radical (unpaired) electrons. The Morgan fingerprint density at radius 3 is 2.90 bits per heavy atom. The number of halogens is 2. The van der Waals surface area contributed by atoms with E-state index in [1.54, 1.807) is 19.2 Å². The van der Waals surface area contributed by atoms with E-state index in [1.165, 1.54) is 4.90 Å². The van der Waals surface area contributed by atoms with E-state index in [-0.39, 0.29) is 12.0 Å². The molecule has 0 spiro atoms. The van der Waals surface area contributed by atoms with Crippen molar-refractivity contribution >= 4 is 29.3 Å². The van der Waals surface area contributed by atoms with E-state index in [0.717, 1.165) is 12.1 Å². The van der Waals surface area contributed by atoms with E-state index in [4.69, 9.17) is 33.0 Å². The van der Waals surface area contributed by atoms with Gasteiger partial charge in [-0.25, -0.2) is 4.79 Å². The van der Waals surface area contributed by atoms with E-state index in [2.05, 4.69) is 5.32 Å². The number of rotatable bonds is 3. The molecule has 1 amide bonds. The molecule has 1 saturated heterocycles. The summed E-state index contributed by atoms with van der Waals surface area (Å²) in [5, 5.41) is 13.3. The number of nitrogens with one attached hydrogen (secondary N) is 1. The number of hydrogen-bond acceptors (Lipinski definition) is 3. The molecule has 1 heterocycles. The average molecular weight is 333 g/mol. The standard InChI is InChI=1S/C14H18Cl2N2O3/c1-18(14(19)20)8-10-7-17-4-5-21-13(10)9-2-3-11(15)12(16)6-9/h2-3,6,10,13,17H,4-5,7-8H2,1H3,(H,19,20)/t10-,13-/m0/s1. The van der Waals surface area contributed by atoms with Gasteiger partial charge in [-0.05, 0) is 17.7 Å². The molecule has 1 fully saturated rings. The smallest absolute Gasteiger partial charge is 0.407 e. The summed E-state index contributed by atoms with van der Waals surface area (Å²) >= 11 is 12.0. The van der Waals surface area contributed by atoms with Crippen LogP contribution in [0, 0.1) is 5.92 Å². The fourth-order valence-corrected chi connectivity index (χ4v) is 2.74. The second-order valence-electron chi connectivity index (χ2n) is 5.09. The van der Waals surface area contributed by atoms with Gasteiger partial charge in [0.1, 0.15) is 0 Å². The maximum Gasteiger partial charge on any atom is 0.407 e. The minimum absolute atomic E-state index is 0.00541. The second-order valence-corrected chi connectivity index (χ2v) is 5.91. The first-order valence-electron chi connectivity index (χ1n) is 6.70. The lowest BCUT2D eigenvalue weighted by molar-refractivity contribution is 0.0217. The van der Waals surface area contributed by atoms with E-state index >= 15 is 0 Å². The highest BCUT2D eigenvalue weighted by molar-refractivity contribution is 6.42. The van der Waals surface area contributed by atoms with Crippen molar-refractivity contribution in [3.8, 4) is 0 Å². The molecule has 0 aliphatic carbocycles. The van der Waals surface area contributed by atoms with Crippen molar-refractivity contribution in [2.45, 2.75) is 6.10 Å². The van der Waals surface area contributed by atoms with Crippen molar-refractivity contribution < 1.29 is 14.6 Å². The number of carboxylic acid groups (broad SMARTS) is 1. The molecule has 5 nitrogen and oxygen atoms in total. The Bertz CT molecular complexity index is 513. The van der Waals surface area contributed by atoms with E-state index < -0.39 is 6.09 Å². The molecule has 1 aliphatic heterocycles. The highest BCUT2D eigenvalue weighted by Gasteiger charge is 2.28. The van der Waals surface area contributed by atoms with Gasteiger partial charge in [0.15, 0.2) is 0 Å². The summed E-state index contributed by atoms with van der Waals surface area (Å²) in [7, 11) is 1.55. The minimum Gasteiger partial charge on any atom is -0.465 e. The fourth-order valence-electron chi connectivity index (χ4n) is 2.44. The van der Waals surface area contributed by atoms with Gasteiger partial charge in [-0.3, -0.25) is 0 Å². The van der Waals surface area contributed by atoms with Crippen LogP contribution in [0.5, 0.6) is 0 Å². The first kappa shape index (κ1) is 16.4. The highest BCUT2D eigenvalue weighted by atomic mass is 35.5. The van der Waals surface area contributed by atoms with Crippen molar-refractivity contribution in [1.29, 1.82) is 0 Å². The predicted octanol–water partition coefficient (Wildman–Crippen LogP) is 2.88. The van der Waals surface area contributed by atoms with Crippen molar-refractivity contribution in [3.05, 3.63) is 33.8 Å². The SMILES string of the molecule is CN(C[C@@H]1CNCCO[C@H]1c1ccc(Cl)c(Cl)c1)C(=O)O. The third-order valence-corrected chi connectivity index (χ3v) is 4.26. The topological polar surface area (TPSA) is 61.8 Å². The number of ether oxygens (including phenoxy) is 1. The third kappa shape index (κ3) is 4.23. The Kier molecular flexibility index (Phi) is 5.70. The summed E-state index contributed by atoms with van der Waals surface area (Å²) in [6, 6.07) is 5.39. The monoisotopic (exact) mass is 332 g/mol. The number of benzene rings is 1. The van der Waals surface area contributed by atoms with E-state index in [9.17, 15) is 4.79 Å². The Labute approximate surface area is 133 Å². The first-order chi connectivity index (χ1) is 9.99. The zero-order valence-corrected chi connectivity index (χ0v) is 13.2. The van der Waals surface area contributed by atoms with Crippen molar-refractivity contribution in [1.82, 2.24) is 10.2 Å². The molecule has 1 aromatic rings. The van der Waals surface area contributed by atoms with Gasteiger partial charge in [-0.1, -0.05) is 29.3 Å². The number of amides is 1. The van der Waals surface area contributed by atoms with Crippen molar-refractivity contribution in [2.24, 2.45) is 5.92 Å². The van der Waals surface area contributed by atoms with E-state index in [1.807, 2.05) is 6.07 Å². The van der Waals surface area contributed by atoms with Crippen molar-refractivity contribution in [3.63, 3.8) is 0 Å². The van der Waals surface area contributed by atoms with Crippen LogP contribution in [0.1, 0.15) is 11.7 Å². The zero-order chi connectivity index (χ0) is 15.4. The molecular weight excluding hydrogens is 315 g/mol. The summed E-state index contributed by atoms with van der Waals surface area (Å²) < 4.78 is 5.89. The summed E-state index contributed by atoms with van der Waals surface area (Å²) in [6.07, 6.45) is -1.16. The van der Waals surface area contributed by atoms with Gasteiger partial charge >= 0.3 is 6.09 Å². The van der Waals surface area contributed by atoms with Gasteiger partial charge in [0, 0.05) is 32.6 Å². The van der Waals surface area contributed by atoms with Crippen LogP contribution in [0.3, 0.4) is 0 Å². The Hall–Kier alpha value is -1.01. The van der Waals surface area contributed by atoms with Crippen LogP contribution < -0.4 is 5.32 Å². The van der Waals surface area contributed by atoms with Crippen LogP contribution in [-0.2, 0) is 4.74 Å². The van der Waals surface area contributed by atoms with Crippen LogP contribution in [0.2, 0.25) is 10.0 Å². The molecule has 0 saturated carbocycles. The molecule has 0 aromatic heterocycles. The maximum atomic E-state index is 11.0. The molecular formula is C14H18Cl2N2O3. The Morgan fingerprint density at radius 1 is 1.48 bits per heavy atom. The fraction of sp³-hybridized carbons (Fsp3) is 0.500. The predicted molar refractivity (Wildman–Crippen MR) is 82.2 cm³/mol. The average Bonchev–Trinajstić information content (AvgIpc) is 2.67. The molecule has 2 atom stereocenters. The second kappa shape index (κ2) is 7.31. The summed E-state index contributed by atoms with van der Waals surface area (Å²) in [6.45, 7) is 2.37. The lowest BCUT2D eigenvalue weighted by atomic mass is 9.95. The summed E-state index contributed by atoms with van der Waals surface area (Å²) in [4.78, 5) is 12.3. The van der Waals surface area contributed by atoms with Crippen LogP contribution in [0.15, 0.2) is 18.2 Å². The van der Waals surface area contributed by atoms with Crippen LogP contribution in [0.25, 0.3) is 0 Å². The summed E-state index contributed by atoms with van der Waals surface area (Å²) in [5.41, 5.74) is 0.914. The number of nitrogens with zero attached hydrogens (tertiary/aromatic N) is 1. The van der Waals surface area contributed by atoms with Crippen LogP contribution >= 0.6 is 23.2 Å². The lowest BCUT2D eigenvalue weighted by Gasteiger charge is -2.28. The van der Waals surface area contributed by atoms with E-state index in [0.29, 0.717) is 29.7 Å². The van der Waals surface area contributed by atoms with Gasteiger partial charge in [0.2, 0.25) is 0 Å². The quantitative estimate of drug-likeness (QED) is 0.893. The Balaban J connectivity index is 2.22. The molecule has 0 unspecified atom stereocenters. The summed E-state index contributed by atoms with van der Waals surface area (Å²) in [5.74, 6) is 0.00541. The lowest BCUT2D eigenvalue weighted by Crippen LogP contribution is -2.37.